The molecule has 2 heterocycles. The van der Waals surface area contributed by atoms with Crippen molar-refractivity contribution < 1.29 is 13.2 Å². The average Bonchev–Trinajstić information content (AvgIpc) is 2.75. The van der Waals surface area contributed by atoms with Crippen LogP contribution < -0.4 is 0 Å². The van der Waals surface area contributed by atoms with Gasteiger partial charge in [0.1, 0.15) is 0 Å². The van der Waals surface area contributed by atoms with Crippen LogP contribution in [0.4, 0.5) is 0 Å². The van der Waals surface area contributed by atoms with E-state index in [1.54, 1.807) is 0 Å². The molecule has 1 aliphatic heterocycles. The van der Waals surface area contributed by atoms with Crippen molar-refractivity contribution in [2.45, 2.75) is 6.92 Å². The minimum atomic E-state index is -3.10. The second-order valence-electron chi connectivity index (χ2n) is 4.77. The summed E-state index contributed by atoms with van der Waals surface area (Å²) in [7, 11) is -3.10. The predicted octanol–water partition coefficient (Wildman–Crippen LogP) is 0.816. The van der Waals surface area contributed by atoms with E-state index in [4.69, 9.17) is 0 Å². The van der Waals surface area contributed by atoms with Crippen molar-refractivity contribution in [1.29, 1.82) is 0 Å². The van der Waals surface area contributed by atoms with Crippen molar-refractivity contribution in [2.24, 2.45) is 0 Å². The Kier molecular flexibility index (Phi) is 4.39. The van der Waals surface area contributed by atoms with E-state index in [0.717, 1.165) is 9.75 Å². The van der Waals surface area contributed by atoms with Crippen LogP contribution in [0.3, 0.4) is 0 Å². The maximum Gasteiger partial charge on any atom is 0.211 e. The van der Waals surface area contributed by atoms with E-state index in [0.29, 0.717) is 32.7 Å². The molecule has 1 saturated heterocycles. The number of hydrogen-bond donors (Lipinski definition) is 0. The molecule has 19 heavy (non-hydrogen) atoms. The zero-order valence-corrected chi connectivity index (χ0v) is 12.8. The quantitative estimate of drug-likeness (QED) is 0.773. The minimum Gasteiger partial charge on any atom is -0.293 e. The maximum atomic E-state index is 12.0. The van der Waals surface area contributed by atoms with Crippen LogP contribution in [0.25, 0.3) is 0 Å². The van der Waals surface area contributed by atoms with Crippen molar-refractivity contribution >= 4 is 27.1 Å². The summed E-state index contributed by atoms with van der Waals surface area (Å²) in [6.45, 7) is 4.52. The fourth-order valence-corrected chi connectivity index (χ4v) is 3.71. The maximum absolute atomic E-state index is 12.0. The molecule has 1 aliphatic rings. The molecule has 0 unspecified atom stereocenters. The molecular weight excluding hydrogens is 284 g/mol. The summed E-state index contributed by atoms with van der Waals surface area (Å²) in [6.07, 6.45) is 1.22. The lowest BCUT2D eigenvalue weighted by Crippen LogP contribution is -2.49. The smallest absolute Gasteiger partial charge is 0.211 e. The first-order chi connectivity index (χ1) is 8.86. The zero-order chi connectivity index (χ0) is 14.0. The third-order valence-electron chi connectivity index (χ3n) is 3.18. The van der Waals surface area contributed by atoms with E-state index in [9.17, 15) is 13.2 Å². The summed E-state index contributed by atoms with van der Waals surface area (Å²) in [6, 6.07) is 3.80. The van der Waals surface area contributed by atoms with Crippen LogP contribution in [0.5, 0.6) is 0 Å². The summed E-state index contributed by atoms with van der Waals surface area (Å²) < 4.78 is 24.2. The van der Waals surface area contributed by atoms with Crippen LogP contribution in [-0.2, 0) is 10.0 Å². The number of Topliss-reactive ketones (excluding diaryl/α,β-unsaturated/α-hetero) is 1. The van der Waals surface area contributed by atoms with Crippen molar-refractivity contribution in [1.82, 2.24) is 9.21 Å². The Morgan fingerprint density at radius 1 is 1.26 bits per heavy atom. The standard InChI is InChI=1S/C12H18N2O3S2/c1-10-3-4-12(18-10)11(15)9-13-5-7-14(8-6-13)19(2,16)17/h3-4H,5-9H2,1-2H3. The van der Waals surface area contributed by atoms with Crippen molar-refractivity contribution in [3.05, 3.63) is 21.9 Å². The first kappa shape index (κ1) is 14.6. The Morgan fingerprint density at radius 2 is 1.89 bits per heavy atom. The Labute approximate surface area is 117 Å². The number of piperazine rings is 1. The summed E-state index contributed by atoms with van der Waals surface area (Å²) in [5.74, 6) is 0.117. The number of thiophene rings is 1. The van der Waals surface area contributed by atoms with E-state index in [-0.39, 0.29) is 5.78 Å². The first-order valence-electron chi connectivity index (χ1n) is 6.13. The van der Waals surface area contributed by atoms with Crippen molar-refractivity contribution in [3.8, 4) is 0 Å². The number of ketones is 1. The molecule has 0 N–H and O–H groups in total. The molecule has 0 atom stereocenters. The number of sulfonamides is 1. The molecule has 1 aromatic rings. The SMILES string of the molecule is Cc1ccc(C(=O)CN2CCN(S(C)(=O)=O)CC2)s1. The molecule has 2 rings (SSSR count). The lowest BCUT2D eigenvalue weighted by atomic mass is 10.2. The highest BCUT2D eigenvalue weighted by atomic mass is 32.2. The van der Waals surface area contributed by atoms with Gasteiger partial charge in [-0.15, -0.1) is 11.3 Å². The van der Waals surface area contributed by atoms with Crippen LogP contribution in [0.15, 0.2) is 12.1 Å². The Hall–Kier alpha value is -0.760. The fraction of sp³-hybridized carbons (Fsp3) is 0.583. The van der Waals surface area contributed by atoms with Crippen LogP contribution in [-0.4, -0.2) is 62.4 Å². The van der Waals surface area contributed by atoms with Gasteiger partial charge in [0.05, 0.1) is 17.7 Å². The number of aryl methyl sites for hydroxylation is 1. The van der Waals surface area contributed by atoms with Crippen LogP contribution in [0.2, 0.25) is 0 Å². The van der Waals surface area contributed by atoms with Crippen LogP contribution >= 0.6 is 11.3 Å². The first-order valence-corrected chi connectivity index (χ1v) is 8.80. The lowest BCUT2D eigenvalue weighted by molar-refractivity contribution is 0.0906. The molecule has 0 aromatic carbocycles. The second-order valence-corrected chi connectivity index (χ2v) is 8.04. The lowest BCUT2D eigenvalue weighted by Gasteiger charge is -2.32. The van der Waals surface area contributed by atoms with Gasteiger partial charge in [-0.25, -0.2) is 8.42 Å². The van der Waals surface area contributed by atoms with E-state index < -0.39 is 10.0 Å². The molecule has 1 fully saturated rings. The van der Waals surface area contributed by atoms with Crippen LogP contribution in [0.1, 0.15) is 14.5 Å². The van der Waals surface area contributed by atoms with Gasteiger partial charge in [0.25, 0.3) is 0 Å². The average molecular weight is 302 g/mol. The molecule has 0 saturated carbocycles. The fourth-order valence-electron chi connectivity index (χ4n) is 2.08. The van der Waals surface area contributed by atoms with Crippen molar-refractivity contribution in [2.75, 3.05) is 39.0 Å². The van der Waals surface area contributed by atoms with E-state index in [2.05, 4.69) is 0 Å². The number of rotatable bonds is 4. The normalized spacial score (nSPS) is 18.6. The van der Waals surface area contributed by atoms with Gasteiger partial charge >= 0.3 is 0 Å². The van der Waals surface area contributed by atoms with Gasteiger partial charge in [0.15, 0.2) is 5.78 Å². The monoisotopic (exact) mass is 302 g/mol. The van der Waals surface area contributed by atoms with Crippen molar-refractivity contribution in [3.63, 3.8) is 0 Å². The molecule has 1 aromatic heterocycles. The van der Waals surface area contributed by atoms with E-state index >= 15 is 0 Å². The minimum absolute atomic E-state index is 0.117. The summed E-state index contributed by atoms with van der Waals surface area (Å²) in [5, 5.41) is 0. The molecular formula is C12H18N2O3S2. The zero-order valence-electron chi connectivity index (χ0n) is 11.1. The Morgan fingerprint density at radius 3 is 2.37 bits per heavy atom. The molecule has 0 aliphatic carbocycles. The summed E-state index contributed by atoms with van der Waals surface area (Å²) in [5.41, 5.74) is 0. The molecule has 106 valence electrons. The highest BCUT2D eigenvalue weighted by molar-refractivity contribution is 7.88. The van der Waals surface area contributed by atoms with E-state index in [1.165, 1.54) is 21.9 Å². The Bertz CT molecular complexity index is 557. The highest BCUT2D eigenvalue weighted by Gasteiger charge is 2.24. The molecule has 0 bridgehead atoms. The predicted molar refractivity (Wildman–Crippen MR) is 76.2 cm³/mol. The number of carbonyl (C=O) groups is 1. The topological polar surface area (TPSA) is 57.7 Å². The number of carbonyl (C=O) groups excluding carboxylic acids is 1. The summed E-state index contributed by atoms with van der Waals surface area (Å²) >= 11 is 1.51. The van der Waals surface area contributed by atoms with Crippen LogP contribution in [0, 0.1) is 6.92 Å². The van der Waals surface area contributed by atoms with Gasteiger partial charge in [-0.2, -0.15) is 4.31 Å². The third kappa shape index (κ3) is 3.85. The summed E-state index contributed by atoms with van der Waals surface area (Å²) in [4.78, 5) is 16.0. The van der Waals surface area contributed by atoms with Gasteiger partial charge in [-0.3, -0.25) is 9.69 Å². The van der Waals surface area contributed by atoms with E-state index in [1.807, 2.05) is 24.0 Å². The largest absolute Gasteiger partial charge is 0.293 e. The van der Waals surface area contributed by atoms with Gasteiger partial charge in [-0.1, -0.05) is 0 Å². The molecule has 0 amide bonds. The highest BCUT2D eigenvalue weighted by Crippen LogP contribution is 2.16. The number of hydrogen-bond acceptors (Lipinski definition) is 5. The molecule has 7 heteroatoms. The Balaban J connectivity index is 1.88. The third-order valence-corrected chi connectivity index (χ3v) is 5.53. The van der Waals surface area contributed by atoms with Gasteiger partial charge in [0, 0.05) is 31.1 Å². The van der Waals surface area contributed by atoms with Gasteiger partial charge < -0.3 is 0 Å². The molecule has 0 radical (unpaired) electrons. The second kappa shape index (κ2) is 5.70. The van der Waals surface area contributed by atoms with Gasteiger partial charge in [-0.05, 0) is 19.1 Å². The van der Waals surface area contributed by atoms with Gasteiger partial charge in [0.2, 0.25) is 10.0 Å². The molecule has 5 nitrogen and oxygen atoms in total. The number of nitrogens with zero attached hydrogens (tertiary/aromatic N) is 2. The molecule has 0 spiro atoms.